The molecule has 4 nitrogen and oxygen atoms in total. The van der Waals surface area contributed by atoms with Crippen molar-refractivity contribution >= 4 is 18.3 Å². The summed E-state index contributed by atoms with van der Waals surface area (Å²) in [5, 5.41) is 2.76. The van der Waals surface area contributed by atoms with Crippen molar-refractivity contribution in [3.8, 4) is 0 Å². The lowest BCUT2D eigenvalue weighted by atomic mass is 10.0. The van der Waals surface area contributed by atoms with Gasteiger partial charge in [-0.25, -0.2) is 8.78 Å². The zero-order valence-electron chi connectivity index (χ0n) is 10.9. The zero-order valence-corrected chi connectivity index (χ0v) is 11.8. The molecule has 1 aromatic carbocycles. The minimum Gasteiger partial charge on any atom is -0.371 e. The molecular formula is C13H17ClF2N2O2. The Bertz CT molecular complexity index is 485. The molecule has 112 valence electrons. The first kappa shape index (κ1) is 16.8. The SMILES string of the molecule is C[C@@H](N)C(=O)NC1CCOC1c1ccc(F)c(F)c1.Cl. The Morgan fingerprint density at radius 3 is 2.75 bits per heavy atom. The fourth-order valence-corrected chi connectivity index (χ4v) is 2.07. The van der Waals surface area contributed by atoms with Gasteiger partial charge in [-0.15, -0.1) is 12.4 Å². The van der Waals surface area contributed by atoms with Crippen molar-refractivity contribution in [1.29, 1.82) is 0 Å². The molecule has 0 aliphatic carbocycles. The van der Waals surface area contributed by atoms with Crippen molar-refractivity contribution in [2.75, 3.05) is 6.61 Å². The second kappa shape index (κ2) is 6.97. The van der Waals surface area contributed by atoms with E-state index in [1.165, 1.54) is 6.07 Å². The lowest BCUT2D eigenvalue weighted by molar-refractivity contribution is -0.123. The number of nitrogens with one attached hydrogen (secondary N) is 1. The maximum atomic E-state index is 13.2. The summed E-state index contributed by atoms with van der Waals surface area (Å²) >= 11 is 0. The van der Waals surface area contributed by atoms with Gasteiger partial charge < -0.3 is 15.8 Å². The molecule has 0 saturated carbocycles. The molecule has 0 bridgehead atoms. The Hall–Kier alpha value is -1.24. The van der Waals surface area contributed by atoms with Crippen LogP contribution in [-0.4, -0.2) is 24.6 Å². The van der Waals surface area contributed by atoms with Crippen LogP contribution in [0.4, 0.5) is 8.78 Å². The van der Waals surface area contributed by atoms with E-state index in [9.17, 15) is 13.6 Å². The molecule has 1 aliphatic rings. The molecule has 2 unspecified atom stereocenters. The third-order valence-corrected chi connectivity index (χ3v) is 3.11. The molecule has 3 N–H and O–H groups in total. The van der Waals surface area contributed by atoms with Crippen molar-refractivity contribution < 1.29 is 18.3 Å². The van der Waals surface area contributed by atoms with Crippen LogP contribution in [-0.2, 0) is 9.53 Å². The van der Waals surface area contributed by atoms with E-state index in [4.69, 9.17) is 10.5 Å². The topological polar surface area (TPSA) is 64.4 Å². The predicted molar refractivity (Wildman–Crippen MR) is 72.5 cm³/mol. The summed E-state index contributed by atoms with van der Waals surface area (Å²) in [6, 6.07) is 2.71. The standard InChI is InChI=1S/C13H16F2N2O2.ClH/c1-7(16)13(18)17-11-4-5-19-12(11)8-2-3-9(14)10(15)6-8;/h2-3,6-7,11-12H,4-5,16H2,1H3,(H,17,18);1H/t7-,11?,12?;/m1./s1. The van der Waals surface area contributed by atoms with Crippen LogP contribution in [0.15, 0.2) is 18.2 Å². The van der Waals surface area contributed by atoms with Crippen LogP contribution in [0.3, 0.4) is 0 Å². The molecule has 1 amide bonds. The van der Waals surface area contributed by atoms with Crippen LogP contribution in [0, 0.1) is 11.6 Å². The molecule has 1 aromatic rings. The van der Waals surface area contributed by atoms with Gasteiger partial charge in [-0.1, -0.05) is 6.07 Å². The fourth-order valence-electron chi connectivity index (χ4n) is 2.07. The molecule has 1 aliphatic heterocycles. The first-order valence-corrected chi connectivity index (χ1v) is 6.11. The minimum absolute atomic E-state index is 0. The predicted octanol–water partition coefficient (Wildman–Crippen LogP) is 1.68. The number of hydrogen-bond acceptors (Lipinski definition) is 3. The molecule has 1 heterocycles. The average Bonchev–Trinajstić information content (AvgIpc) is 2.80. The third-order valence-electron chi connectivity index (χ3n) is 3.11. The Kier molecular flexibility index (Phi) is 5.86. The Labute approximate surface area is 122 Å². The maximum Gasteiger partial charge on any atom is 0.236 e. The summed E-state index contributed by atoms with van der Waals surface area (Å²) in [4.78, 5) is 11.6. The highest BCUT2D eigenvalue weighted by molar-refractivity contribution is 5.85. The van der Waals surface area contributed by atoms with Gasteiger partial charge >= 0.3 is 0 Å². The van der Waals surface area contributed by atoms with Crippen LogP contribution in [0.5, 0.6) is 0 Å². The van der Waals surface area contributed by atoms with Crippen LogP contribution in [0.25, 0.3) is 0 Å². The number of halogens is 3. The summed E-state index contributed by atoms with van der Waals surface area (Å²) < 4.78 is 31.6. The van der Waals surface area contributed by atoms with E-state index in [2.05, 4.69) is 5.32 Å². The molecule has 7 heteroatoms. The zero-order chi connectivity index (χ0) is 14.0. The molecule has 2 rings (SSSR count). The molecule has 0 spiro atoms. The molecule has 1 saturated heterocycles. The van der Waals surface area contributed by atoms with Gasteiger partial charge in [0.2, 0.25) is 5.91 Å². The van der Waals surface area contributed by atoms with E-state index in [-0.39, 0.29) is 24.4 Å². The second-order valence-corrected chi connectivity index (χ2v) is 4.66. The number of nitrogens with two attached hydrogens (primary N) is 1. The minimum atomic E-state index is -0.926. The molecule has 20 heavy (non-hydrogen) atoms. The number of benzene rings is 1. The third kappa shape index (κ3) is 3.65. The largest absolute Gasteiger partial charge is 0.371 e. The summed E-state index contributed by atoms with van der Waals surface area (Å²) in [5.41, 5.74) is 5.99. The van der Waals surface area contributed by atoms with Gasteiger partial charge in [0.05, 0.1) is 12.1 Å². The lowest BCUT2D eigenvalue weighted by Crippen LogP contribution is -2.44. The summed E-state index contributed by atoms with van der Waals surface area (Å²) in [6.45, 7) is 2.03. The Balaban J connectivity index is 0.00000200. The number of ether oxygens (including phenoxy) is 1. The maximum absolute atomic E-state index is 13.2. The molecule has 0 aromatic heterocycles. The van der Waals surface area contributed by atoms with Gasteiger partial charge in [0.1, 0.15) is 6.10 Å². The normalized spacial score (nSPS) is 23.0. The van der Waals surface area contributed by atoms with Crippen LogP contribution >= 0.6 is 12.4 Å². The van der Waals surface area contributed by atoms with E-state index in [1.54, 1.807) is 6.92 Å². The highest BCUT2D eigenvalue weighted by Crippen LogP contribution is 2.30. The van der Waals surface area contributed by atoms with Crippen molar-refractivity contribution in [3.63, 3.8) is 0 Å². The number of hydrogen-bond donors (Lipinski definition) is 2. The summed E-state index contributed by atoms with van der Waals surface area (Å²) in [7, 11) is 0. The fraction of sp³-hybridized carbons (Fsp3) is 0.462. The Morgan fingerprint density at radius 2 is 2.15 bits per heavy atom. The van der Waals surface area contributed by atoms with Gasteiger partial charge in [0.25, 0.3) is 0 Å². The summed E-state index contributed by atoms with van der Waals surface area (Å²) in [5.74, 6) is -2.12. The molecule has 1 fully saturated rings. The second-order valence-electron chi connectivity index (χ2n) is 4.66. The van der Waals surface area contributed by atoms with Gasteiger partial charge in [0, 0.05) is 6.61 Å². The van der Waals surface area contributed by atoms with Gasteiger partial charge in [0.15, 0.2) is 11.6 Å². The van der Waals surface area contributed by atoms with Crippen molar-refractivity contribution in [1.82, 2.24) is 5.32 Å². The summed E-state index contributed by atoms with van der Waals surface area (Å²) in [6.07, 6.45) is 0.139. The van der Waals surface area contributed by atoms with E-state index in [0.717, 1.165) is 12.1 Å². The van der Waals surface area contributed by atoms with Gasteiger partial charge in [-0.3, -0.25) is 4.79 Å². The number of carbonyl (C=O) groups excluding carboxylic acids is 1. The van der Waals surface area contributed by atoms with Gasteiger partial charge in [-0.2, -0.15) is 0 Å². The van der Waals surface area contributed by atoms with Crippen molar-refractivity contribution in [2.24, 2.45) is 5.73 Å². The number of carbonyl (C=O) groups is 1. The van der Waals surface area contributed by atoms with Gasteiger partial charge in [-0.05, 0) is 31.0 Å². The average molecular weight is 307 g/mol. The van der Waals surface area contributed by atoms with Crippen LogP contribution < -0.4 is 11.1 Å². The lowest BCUT2D eigenvalue weighted by Gasteiger charge is -2.21. The molecule has 0 radical (unpaired) electrons. The molecule has 3 atom stereocenters. The quantitative estimate of drug-likeness (QED) is 0.893. The van der Waals surface area contributed by atoms with Crippen molar-refractivity contribution in [3.05, 3.63) is 35.4 Å². The molecular weight excluding hydrogens is 290 g/mol. The smallest absolute Gasteiger partial charge is 0.236 e. The highest BCUT2D eigenvalue weighted by Gasteiger charge is 2.31. The van der Waals surface area contributed by atoms with E-state index >= 15 is 0 Å². The van der Waals surface area contributed by atoms with Crippen LogP contribution in [0.1, 0.15) is 25.0 Å². The van der Waals surface area contributed by atoms with E-state index < -0.39 is 23.8 Å². The number of amides is 1. The van der Waals surface area contributed by atoms with Crippen LogP contribution in [0.2, 0.25) is 0 Å². The monoisotopic (exact) mass is 306 g/mol. The Morgan fingerprint density at radius 1 is 1.45 bits per heavy atom. The first-order valence-electron chi connectivity index (χ1n) is 6.11. The number of rotatable bonds is 3. The first-order chi connectivity index (χ1) is 8.99. The highest BCUT2D eigenvalue weighted by atomic mass is 35.5. The van der Waals surface area contributed by atoms with E-state index in [0.29, 0.717) is 18.6 Å². The van der Waals surface area contributed by atoms with E-state index in [1.807, 2.05) is 0 Å². The van der Waals surface area contributed by atoms with Crippen molar-refractivity contribution in [2.45, 2.75) is 31.5 Å².